The first-order chi connectivity index (χ1) is 16.6. The van der Waals surface area contributed by atoms with Crippen LogP contribution in [-0.4, -0.2) is 15.9 Å². The average Bonchev–Trinajstić information content (AvgIpc) is 2.81. The number of benzene rings is 3. The van der Waals surface area contributed by atoms with E-state index in [0.717, 1.165) is 12.1 Å². The number of carbonyl (C=O) groups is 1. The molecule has 0 bridgehead atoms. The maximum atomic E-state index is 14.8. The lowest BCUT2D eigenvalue weighted by molar-refractivity contribution is -0.137. The Morgan fingerprint density at radius 3 is 2.60 bits per heavy atom. The lowest BCUT2D eigenvalue weighted by atomic mass is 10.1. The maximum absolute atomic E-state index is 14.8. The topological polar surface area (TPSA) is 92.9 Å². The molecule has 0 atom stereocenters. The van der Waals surface area contributed by atoms with Crippen molar-refractivity contribution in [2.24, 2.45) is 5.73 Å². The van der Waals surface area contributed by atoms with Crippen molar-refractivity contribution in [3.63, 3.8) is 0 Å². The van der Waals surface area contributed by atoms with Crippen LogP contribution in [0, 0.1) is 12.7 Å². The number of fused-ring (bicyclic) bond motifs is 1. The van der Waals surface area contributed by atoms with Crippen LogP contribution in [0.5, 0.6) is 0 Å². The van der Waals surface area contributed by atoms with Crippen LogP contribution < -0.4 is 16.4 Å². The fourth-order valence-electron chi connectivity index (χ4n) is 3.54. The molecule has 6 nitrogen and oxygen atoms in total. The van der Waals surface area contributed by atoms with Gasteiger partial charge < -0.3 is 16.4 Å². The number of halogens is 5. The van der Waals surface area contributed by atoms with Gasteiger partial charge in [-0.25, -0.2) is 14.4 Å². The zero-order valence-electron chi connectivity index (χ0n) is 18.2. The van der Waals surface area contributed by atoms with Crippen LogP contribution in [0.15, 0.2) is 54.9 Å². The third-order valence-corrected chi connectivity index (χ3v) is 5.64. The van der Waals surface area contributed by atoms with E-state index in [0.29, 0.717) is 16.5 Å². The van der Waals surface area contributed by atoms with Gasteiger partial charge in [-0.1, -0.05) is 29.8 Å². The van der Waals surface area contributed by atoms with Gasteiger partial charge in [0.25, 0.3) is 5.91 Å². The van der Waals surface area contributed by atoms with Crippen molar-refractivity contribution in [3.8, 4) is 0 Å². The highest BCUT2D eigenvalue weighted by Crippen LogP contribution is 2.34. The summed E-state index contributed by atoms with van der Waals surface area (Å²) in [5, 5.41) is 5.85. The van der Waals surface area contributed by atoms with Crippen molar-refractivity contribution >= 4 is 45.6 Å². The molecule has 0 aliphatic heterocycles. The second-order valence-electron chi connectivity index (χ2n) is 7.63. The summed E-state index contributed by atoms with van der Waals surface area (Å²) < 4.78 is 54.0. The summed E-state index contributed by atoms with van der Waals surface area (Å²) in [7, 11) is 0. The summed E-state index contributed by atoms with van der Waals surface area (Å²) in [6.45, 7) is 1.60. The van der Waals surface area contributed by atoms with E-state index in [4.69, 9.17) is 17.3 Å². The molecule has 4 N–H and O–H groups in total. The first-order valence-corrected chi connectivity index (χ1v) is 10.6. The number of rotatable bonds is 5. The minimum atomic E-state index is -4.50. The zero-order chi connectivity index (χ0) is 25.3. The molecular weight excluding hydrogens is 486 g/mol. The van der Waals surface area contributed by atoms with Crippen LogP contribution in [0.4, 0.5) is 34.8 Å². The van der Waals surface area contributed by atoms with Crippen molar-refractivity contribution in [1.29, 1.82) is 0 Å². The number of carbonyl (C=O) groups excluding carboxylic acids is 1. The number of nitrogens with one attached hydrogen (secondary N) is 2. The molecule has 1 heterocycles. The molecule has 0 spiro atoms. The molecule has 4 rings (SSSR count). The molecule has 11 heteroatoms. The lowest BCUT2D eigenvalue weighted by Gasteiger charge is -2.15. The van der Waals surface area contributed by atoms with Crippen molar-refractivity contribution in [2.75, 3.05) is 10.6 Å². The Labute approximate surface area is 202 Å². The van der Waals surface area contributed by atoms with Crippen LogP contribution in [-0.2, 0) is 12.7 Å². The van der Waals surface area contributed by atoms with Crippen molar-refractivity contribution in [2.45, 2.75) is 19.6 Å². The Balaban J connectivity index is 1.74. The van der Waals surface area contributed by atoms with Gasteiger partial charge in [-0.3, -0.25) is 4.79 Å². The fourth-order valence-corrected chi connectivity index (χ4v) is 3.77. The Bertz CT molecular complexity index is 1440. The minimum Gasteiger partial charge on any atom is -0.340 e. The lowest BCUT2D eigenvalue weighted by Crippen LogP contribution is -2.17. The SMILES string of the molecule is Cc1ccc2c(Nc3cccc(C(F)(F)F)c3)ncnc2c1NC(=O)c1c(Cl)ccc(CN)c1F. The number of aryl methyl sites for hydroxylation is 1. The van der Waals surface area contributed by atoms with Gasteiger partial charge in [0, 0.05) is 23.2 Å². The summed E-state index contributed by atoms with van der Waals surface area (Å²) in [4.78, 5) is 21.4. The molecule has 0 saturated carbocycles. The van der Waals surface area contributed by atoms with E-state index in [-0.39, 0.29) is 39.9 Å². The van der Waals surface area contributed by atoms with Crippen LogP contribution in [0.25, 0.3) is 10.9 Å². The number of anilines is 3. The van der Waals surface area contributed by atoms with Gasteiger partial charge in [-0.05, 0) is 42.8 Å². The quantitative estimate of drug-likeness (QED) is 0.282. The van der Waals surface area contributed by atoms with Gasteiger partial charge in [-0.2, -0.15) is 13.2 Å². The van der Waals surface area contributed by atoms with Crippen molar-refractivity contribution in [1.82, 2.24) is 9.97 Å². The van der Waals surface area contributed by atoms with Gasteiger partial charge >= 0.3 is 6.18 Å². The van der Waals surface area contributed by atoms with Gasteiger partial charge in [0.2, 0.25) is 0 Å². The van der Waals surface area contributed by atoms with Crippen LogP contribution in [0.3, 0.4) is 0 Å². The molecule has 35 heavy (non-hydrogen) atoms. The number of aromatic nitrogens is 2. The van der Waals surface area contributed by atoms with E-state index in [2.05, 4.69) is 20.6 Å². The van der Waals surface area contributed by atoms with E-state index in [1.807, 2.05) is 0 Å². The van der Waals surface area contributed by atoms with Crippen LogP contribution in [0.1, 0.15) is 27.0 Å². The summed E-state index contributed by atoms with van der Waals surface area (Å²) in [5.41, 5.74) is 5.84. The van der Waals surface area contributed by atoms with E-state index in [1.54, 1.807) is 19.1 Å². The van der Waals surface area contributed by atoms with Gasteiger partial charge in [0.15, 0.2) is 0 Å². The van der Waals surface area contributed by atoms with E-state index in [9.17, 15) is 22.4 Å². The molecule has 1 aromatic heterocycles. The highest BCUT2D eigenvalue weighted by molar-refractivity contribution is 6.34. The zero-order valence-corrected chi connectivity index (χ0v) is 18.9. The highest BCUT2D eigenvalue weighted by Gasteiger charge is 2.30. The third-order valence-electron chi connectivity index (χ3n) is 5.32. The molecule has 0 aliphatic rings. The van der Waals surface area contributed by atoms with E-state index in [1.165, 1.54) is 30.6 Å². The first kappa shape index (κ1) is 24.4. The second kappa shape index (κ2) is 9.47. The summed E-state index contributed by atoms with van der Waals surface area (Å²) in [6.07, 6.45) is -3.30. The smallest absolute Gasteiger partial charge is 0.340 e. The van der Waals surface area contributed by atoms with Gasteiger partial charge in [0.1, 0.15) is 18.0 Å². The molecule has 1 amide bonds. The minimum absolute atomic E-state index is 0.0865. The van der Waals surface area contributed by atoms with Crippen molar-refractivity contribution in [3.05, 3.63) is 88.0 Å². The molecular formula is C24H18ClF4N5O. The predicted octanol–water partition coefficient (Wildman–Crippen LogP) is 6.20. The number of nitrogens with zero attached hydrogens (tertiary/aromatic N) is 2. The molecule has 3 aromatic carbocycles. The maximum Gasteiger partial charge on any atom is 0.416 e. The molecule has 0 radical (unpaired) electrons. The monoisotopic (exact) mass is 503 g/mol. The second-order valence-corrected chi connectivity index (χ2v) is 8.04. The average molecular weight is 504 g/mol. The fraction of sp³-hybridized carbons (Fsp3) is 0.125. The molecule has 180 valence electrons. The summed E-state index contributed by atoms with van der Waals surface area (Å²) in [6, 6.07) is 10.8. The van der Waals surface area contributed by atoms with Crippen LogP contribution >= 0.6 is 11.6 Å². The van der Waals surface area contributed by atoms with E-state index < -0.39 is 23.5 Å². The number of alkyl halides is 3. The molecule has 0 saturated heterocycles. The summed E-state index contributed by atoms with van der Waals surface area (Å²) in [5.74, 6) is -1.40. The molecule has 0 unspecified atom stereocenters. The number of amides is 1. The Kier molecular flexibility index (Phi) is 6.60. The number of hydrogen-bond acceptors (Lipinski definition) is 5. The number of nitrogens with two attached hydrogens (primary N) is 1. The molecule has 0 aliphatic carbocycles. The Morgan fingerprint density at radius 2 is 1.89 bits per heavy atom. The highest BCUT2D eigenvalue weighted by atomic mass is 35.5. The Morgan fingerprint density at radius 1 is 1.11 bits per heavy atom. The van der Waals surface area contributed by atoms with E-state index >= 15 is 0 Å². The van der Waals surface area contributed by atoms with Gasteiger partial charge in [0.05, 0.1) is 27.4 Å². The van der Waals surface area contributed by atoms with Gasteiger partial charge in [-0.15, -0.1) is 0 Å². The molecule has 4 aromatic rings. The normalized spacial score (nSPS) is 11.5. The summed E-state index contributed by atoms with van der Waals surface area (Å²) >= 11 is 6.08. The van der Waals surface area contributed by atoms with Crippen LogP contribution in [0.2, 0.25) is 5.02 Å². The predicted molar refractivity (Wildman–Crippen MR) is 126 cm³/mol. The molecule has 0 fully saturated rings. The Hall–Kier alpha value is -3.76. The standard InChI is InChI=1S/C24H18ClF4N5O/c1-12-5-7-16-21(20(12)34-23(35)18-17(25)8-6-13(10-30)19(18)26)31-11-32-22(16)33-15-4-2-3-14(9-15)24(27,28)29/h2-9,11H,10,30H2,1H3,(H,34,35)(H,31,32,33). The van der Waals surface area contributed by atoms with Crippen molar-refractivity contribution < 1.29 is 22.4 Å². The first-order valence-electron chi connectivity index (χ1n) is 10.3. The largest absolute Gasteiger partial charge is 0.416 e. The third kappa shape index (κ3) is 4.89. The number of hydrogen-bond donors (Lipinski definition) is 3.